The summed E-state index contributed by atoms with van der Waals surface area (Å²) >= 11 is 3.69. The van der Waals surface area contributed by atoms with E-state index in [2.05, 4.69) is 86.2 Å². The van der Waals surface area contributed by atoms with Crippen LogP contribution in [0.25, 0.3) is 0 Å². The van der Waals surface area contributed by atoms with Gasteiger partial charge in [0.05, 0.1) is 17.3 Å². The molecule has 2 heterocycles. The van der Waals surface area contributed by atoms with Gasteiger partial charge in [-0.3, -0.25) is 14.6 Å². The number of para-hydroxylation sites is 1. The lowest BCUT2D eigenvalue weighted by Crippen LogP contribution is -2.53. The van der Waals surface area contributed by atoms with Crippen LogP contribution in [0.5, 0.6) is 0 Å². The predicted octanol–water partition coefficient (Wildman–Crippen LogP) is 4.74. The van der Waals surface area contributed by atoms with E-state index in [4.69, 9.17) is 0 Å². The Labute approximate surface area is 234 Å². The summed E-state index contributed by atoms with van der Waals surface area (Å²) in [5.74, 6) is 0.228. The minimum absolute atomic E-state index is 0.139. The Kier molecular flexibility index (Phi) is 8.43. The van der Waals surface area contributed by atoms with Gasteiger partial charge >= 0.3 is 0 Å². The Morgan fingerprint density at radius 3 is 2.39 bits per heavy atom. The normalized spacial score (nSPS) is 20.1. The second-order valence-corrected chi connectivity index (χ2v) is 11.1. The largest absolute Gasteiger partial charge is 0.367 e. The molecule has 3 aromatic rings. The summed E-state index contributed by atoms with van der Waals surface area (Å²) in [5, 5.41) is 9.51. The number of amides is 1. The van der Waals surface area contributed by atoms with Crippen LogP contribution >= 0.6 is 15.9 Å². The van der Waals surface area contributed by atoms with Crippen LogP contribution in [0, 0.1) is 11.3 Å². The standard InChI is InChI=1S/C31H34BrN5O/c1-34(22-26-12-5-7-13-28(26)32)27-19-30(37(23-27)21-24-9-3-2-4-10-24)31(38)36-17-15-35(16-18-36)29-14-8-6-11-25(29)20-33/h2-14,27,30H,15-19,21-23H2,1H3. The van der Waals surface area contributed by atoms with Crippen LogP contribution in [0.4, 0.5) is 5.69 Å². The Morgan fingerprint density at radius 2 is 1.66 bits per heavy atom. The zero-order valence-corrected chi connectivity index (χ0v) is 23.4. The smallest absolute Gasteiger partial charge is 0.240 e. The summed E-state index contributed by atoms with van der Waals surface area (Å²) in [6.07, 6.45) is 0.824. The number of likely N-dealkylation sites (tertiary alicyclic amines) is 1. The third-order valence-corrected chi connectivity index (χ3v) is 8.63. The van der Waals surface area contributed by atoms with Crippen LogP contribution in [-0.2, 0) is 17.9 Å². The number of carbonyl (C=O) groups is 1. The minimum Gasteiger partial charge on any atom is -0.367 e. The van der Waals surface area contributed by atoms with Gasteiger partial charge in [-0.25, -0.2) is 0 Å². The van der Waals surface area contributed by atoms with Crippen LogP contribution in [-0.4, -0.2) is 72.5 Å². The molecule has 2 unspecified atom stereocenters. The predicted molar refractivity (Wildman–Crippen MR) is 155 cm³/mol. The number of benzene rings is 3. The summed E-state index contributed by atoms with van der Waals surface area (Å²) in [6.45, 7) is 5.29. The van der Waals surface area contributed by atoms with Crippen molar-refractivity contribution in [2.45, 2.75) is 31.6 Å². The second-order valence-electron chi connectivity index (χ2n) is 10.3. The maximum Gasteiger partial charge on any atom is 0.240 e. The summed E-state index contributed by atoms with van der Waals surface area (Å²) in [6, 6.07) is 29.0. The lowest BCUT2D eigenvalue weighted by atomic mass is 10.1. The molecule has 0 bridgehead atoms. The molecule has 38 heavy (non-hydrogen) atoms. The molecule has 2 saturated heterocycles. The van der Waals surface area contributed by atoms with E-state index in [0.717, 1.165) is 49.3 Å². The number of likely N-dealkylation sites (N-methyl/N-ethyl adjacent to an activating group) is 1. The van der Waals surface area contributed by atoms with E-state index in [1.165, 1.54) is 11.1 Å². The maximum atomic E-state index is 13.9. The van der Waals surface area contributed by atoms with E-state index < -0.39 is 0 Å². The number of halogens is 1. The fourth-order valence-electron chi connectivity index (χ4n) is 5.70. The summed E-state index contributed by atoms with van der Waals surface area (Å²) in [4.78, 5) is 23.0. The van der Waals surface area contributed by atoms with Gasteiger partial charge in [0, 0.05) is 56.3 Å². The maximum absolute atomic E-state index is 13.9. The minimum atomic E-state index is -0.139. The van der Waals surface area contributed by atoms with Crippen molar-refractivity contribution in [3.05, 3.63) is 100 Å². The molecule has 7 heteroatoms. The molecule has 0 N–H and O–H groups in total. The molecule has 0 saturated carbocycles. The van der Waals surface area contributed by atoms with Crippen LogP contribution in [0.15, 0.2) is 83.3 Å². The van der Waals surface area contributed by atoms with Gasteiger partial charge in [0.1, 0.15) is 6.07 Å². The van der Waals surface area contributed by atoms with Crippen molar-refractivity contribution >= 4 is 27.5 Å². The van der Waals surface area contributed by atoms with E-state index in [9.17, 15) is 10.1 Å². The Morgan fingerprint density at radius 1 is 0.974 bits per heavy atom. The quantitative estimate of drug-likeness (QED) is 0.410. The van der Waals surface area contributed by atoms with Crippen LogP contribution in [0.1, 0.15) is 23.1 Å². The molecule has 5 rings (SSSR count). The van der Waals surface area contributed by atoms with Crippen molar-refractivity contribution in [1.82, 2.24) is 14.7 Å². The van der Waals surface area contributed by atoms with Crippen molar-refractivity contribution in [2.24, 2.45) is 0 Å². The van der Waals surface area contributed by atoms with Crippen LogP contribution in [0.3, 0.4) is 0 Å². The molecule has 2 atom stereocenters. The van der Waals surface area contributed by atoms with Crippen LogP contribution in [0.2, 0.25) is 0 Å². The van der Waals surface area contributed by atoms with E-state index in [0.29, 0.717) is 24.7 Å². The van der Waals surface area contributed by atoms with Gasteiger partial charge in [-0.1, -0.05) is 76.6 Å². The van der Waals surface area contributed by atoms with Gasteiger partial charge in [-0.2, -0.15) is 5.26 Å². The van der Waals surface area contributed by atoms with E-state index in [1.807, 2.05) is 41.3 Å². The van der Waals surface area contributed by atoms with Gasteiger partial charge in [-0.15, -0.1) is 0 Å². The van der Waals surface area contributed by atoms with Gasteiger partial charge in [0.15, 0.2) is 0 Å². The molecule has 2 aliphatic rings. The van der Waals surface area contributed by atoms with Crippen molar-refractivity contribution in [3.63, 3.8) is 0 Å². The first-order valence-electron chi connectivity index (χ1n) is 13.3. The molecule has 0 radical (unpaired) electrons. The highest BCUT2D eigenvalue weighted by atomic mass is 79.9. The van der Waals surface area contributed by atoms with E-state index in [1.54, 1.807) is 0 Å². The molecular weight excluding hydrogens is 538 g/mol. The number of hydrogen-bond donors (Lipinski definition) is 0. The number of piperazine rings is 1. The highest BCUT2D eigenvalue weighted by molar-refractivity contribution is 9.10. The summed E-state index contributed by atoms with van der Waals surface area (Å²) in [5.41, 5.74) is 4.14. The average Bonchev–Trinajstić information content (AvgIpc) is 3.38. The monoisotopic (exact) mass is 571 g/mol. The molecular formula is C31H34BrN5O. The molecule has 196 valence electrons. The zero-order chi connectivity index (χ0) is 26.5. The first kappa shape index (κ1) is 26.4. The number of carbonyl (C=O) groups excluding carboxylic acids is 1. The van der Waals surface area contributed by atoms with Gasteiger partial charge in [0.25, 0.3) is 0 Å². The number of nitriles is 1. The first-order chi connectivity index (χ1) is 18.5. The third-order valence-electron chi connectivity index (χ3n) is 7.85. The molecule has 2 fully saturated rings. The molecule has 1 amide bonds. The van der Waals surface area contributed by atoms with Gasteiger partial charge in [-0.05, 0) is 42.8 Å². The molecule has 2 aliphatic heterocycles. The van der Waals surface area contributed by atoms with Crippen LogP contribution < -0.4 is 4.90 Å². The number of rotatable bonds is 7. The Bertz CT molecular complexity index is 1280. The zero-order valence-electron chi connectivity index (χ0n) is 21.8. The number of hydrogen-bond acceptors (Lipinski definition) is 5. The van der Waals surface area contributed by atoms with Crippen molar-refractivity contribution in [3.8, 4) is 6.07 Å². The van der Waals surface area contributed by atoms with Crippen molar-refractivity contribution in [2.75, 3.05) is 44.7 Å². The lowest BCUT2D eigenvalue weighted by molar-refractivity contribution is -0.136. The molecule has 6 nitrogen and oxygen atoms in total. The topological polar surface area (TPSA) is 53.8 Å². The summed E-state index contributed by atoms with van der Waals surface area (Å²) < 4.78 is 1.12. The SMILES string of the molecule is CN(Cc1ccccc1Br)C1CC(C(=O)N2CCN(c3ccccc3C#N)CC2)N(Cc2ccccc2)C1. The van der Waals surface area contributed by atoms with Gasteiger partial charge < -0.3 is 9.80 Å². The Balaban J connectivity index is 1.28. The second kappa shape index (κ2) is 12.1. The fourth-order valence-corrected chi connectivity index (χ4v) is 6.11. The third kappa shape index (κ3) is 5.94. The summed E-state index contributed by atoms with van der Waals surface area (Å²) in [7, 11) is 2.17. The average molecular weight is 573 g/mol. The molecule has 0 spiro atoms. The number of anilines is 1. The lowest BCUT2D eigenvalue weighted by Gasteiger charge is -2.38. The first-order valence-corrected chi connectivity index (χ1v) is 14.1. The van der Waals surface area contributed by atoms with Gasteiger partial charge in [0.2, 0.25) is 5.91 Å². The fraction of sp³-hybridized carbons (Fsp3) is 0.355. The molecule has 0 aliphatic carbocycles. The number of nitrogens with zero attached hydrogens (tertiary/aromatic N) is 5. The van der Waals surface area contributed by atoms with Crippen molar-refractivity contribution < 1.29 is 4.79 Å². The molecule has 3 aromatic carbocycles. The van der Waals surface area contributed by atoms with Crippen molar-refractivity contribution in [1.29, 1.82) is 5.26 Å². The molecule has 0 aromatic heterocycles. The van der Waals surface area contributed by atoms with E-state index in [-0.39, 0.29) is 11.9 Å². The van der Waals surface area contributed by atoms with E-state index >= 15 is 0 Å². The Hall–Kier alpha value is -3.18. The highest BCUT2D eigenvalue weighted by Gasteiger charge is 2.40. The highest BCUT2D eigenvalue weighted by Crippen LogP contribution is 2.28.